The van der Waals surface area contributed by atoms with Crippen LogP contribution >= 0.6 is 15.9 Å². The second kappa shape index (κ2) is 6.04. The van der Waals surface area contributed by atoms with Crippen LogP contribution in [0, 0.1) is 11.3 Å². The van der Waals surface area contributed by atoms with E-state index in [4.69, 9.17) is 0 Å². The maximum absolute atomic E-state index is 12.1. The predicted molar refractivity (Wildman–Crippen MR) is 71.8 cm³/mol. The van der Waals surface area contributed by atoms with Crippen molar-refractivity contribution in [3.63, 3.8) is 0 Å². The Morgan fingerprint density at radius 1 is 1.44 bits per heavy atom. The van der Waals surface area contributed by atoms with Crippen LogP contribution in [0.1, 0.15) is 46.5 Å². The minimum Gasteiger partial charge on any atom is -0.342 e. The molecular weight excluding hydrogens is 266 g/mol. The third-order valence-electron chi connectivity index (χ3n) is 3.07. The Balaban J connectivity index is 2.44. The van der Waals surface area contributed by atoms with Gasteiger partial charge in [0.15, 0.2) is 0 Å². The highest BCUT2D eigenvalue weighted by atomic mass is 79.9. The van der Waals surface area contributed by atoms with Gasteiger partial charge in [-0.05, 0) is 30.6 Å². The fourth-order valence-corrected chi connectivity index (χ4v) is 2.89. The lowest BCUT2D eigenvalue weighted by atomic mass is 9.90. The molecule has 1 aliphatic rings. The molecule has 0 radical (unpaired) electrons. The minimum absolute atomic E-state index is 0.111. The average Bonchev–Trinajstić information content (AvgIpc) is 2.16. The van der Waals surface area contributed by atoms with Crippen LogP contribution in [0.15, 0.2) is 0 Å². The smallest absolute Gasteiger partial charge is 0.223 e. The zero-order chi connectivity index (χ0) is 12.2. The van der Waals surface area contributed by atoms with Gasteiger partial charge in [0.25, 0.3) is 0 Å². The molecule has 1 saturated heterocycles. The molecule has 1 heterocycles. The van der Waals surface area contributed by atoms with Crippen molar-refractivity contribution in [2.24, 2.45) is 11.3 Å². The lowest BCUT2D eigenvalue weighted by Gasteiger charge is -2.34. The van der Waals surface area contributed by atoms with Gasteiger partial charge in [-0.15, -0.1) is 0 Å². The number of hydrogen-bond donors (Lipinski definition) is 0. The molecule has 0 N–H and O–H groups in total. The Hall–Kier alpha value is -0.0500. The summed E-state index contributed by atoms with van der Waals surface area (Å²) in [6.07, 6.45) is 4.33. The standard InChI is InChI=1S/C13H24BrNO/c1-13(2,3)9-12(16)15-8-4-5-11(10-15)6-7-14/h11H,4-10H2,1-3H3. The molecule has 3 heteroatoms. The molecule has 1 unspecified atom stereocenters. The van der Waals surface area contributed by atoms with Gasteiger partial charge in [-0.25, -0.2) is 0 Å². The summed E-state index contributed by atoms with van der Waals surface area (Å²) in [5.74, 6) is 1.05. The Morgan fingerprint density at radius 2 is 2.12 bits per heavy atom. The van der Waals surface area contributed by atoms with Crippen LogP contribution in [0.4, 0.5) is 0 Å². The predicted octanol–water partition coefficient (Wildman–Crippen LogP) is 3.45. The van der Waals surface area contributed by atoms with Crippen LogP contribution in [0.25, 0.3) is 0 Å². The van der Waals surface area contributed by atoms with Crippen LogP contribution in [-0.4, -0.2) is 29.2 Å². The van der Waals surface area contributed by atoms with Gasteiger partial charge in [0.2, 0.25) is 5.91 Å². The van der Waals surface area contributed by atoms with Gasteiger partial charge in [0, 0.05) is 24.8 Å². The van der Waals surface area contributed by atoms with Crippen molar-refractivity contribution in [2.75, 3.05) is 18.4 Å². The summed E-state index contributed by atoms with van der Waals surface area (Å²) in [6.45, 7) is 8.33. The van der Waals surface area contributed by atoms with E-state index in [1.807, 2.05) is 0 Å². The van der Waals surface area contributed by atoms with Gasteiger partial charge in [-0.1, -0.05) is 36.7 Å². The maximum atomic E-state index is 12.1. The van der Waals surface area contributed by atoms with Crippen molar-refractivity contribution in [2.45, 2.75) is 46.5 Å². The van der Waals surface area contributed by atoms with Crippen LogP contribution in [0.2, 0.25) is 0 Å². The highest BCUT2D eigenvalue weighted by Crippen LogP contribution is 2.24. The molecule has 94 valence electrons. The molecule has 0 aromatic rings. The SMILES string of the molecule is CC(C)(C)CC(=O)N1CCCC(CCBr)C1. The number of halogens is 1. The molecule has 0 spiro atoms. The molecule has 0 saturated carbocycles. The van der Waals surface area contributed by atoms with E-state index >= 15 is 0 Å². The lowest BCUT2D eigenvalue weighted by molar-refractivity contribution is -0.134. The van der Waals surface area contributed by atoms with E-state index in [0.717, 1.165) is 18.4 Å². The second-order valence-electron chi connectivity index (χ2n) is 6.06. The van der Waals surface area contributed by atoms with E-state index < -0.39 is 0 Å². The molecule has 0 aromatic heterocycles. The fourth-order valence-electron chi connectivity index (χ4n) is 2.25. The first-order chi connectivity index (χ1) is 7.42. The summed E-state index contributed by atoms with van der Waals surface area (Å²) in [4.78, 5) is 14.1. The van der Waals surface area contributed by atoms with Gasteiger partial charge < -0.3 is 4.90 Å². The zero-order valence-electron chi connectivity index (χ0n) is 10.8. The van der Waals surface area contributed by atoms with E-state index in [-0.39, 0.29) is 5.41 Å². The number of amides is 1. The van der Waals surface area contributed by atoms with Crippen LogP contribution < -0.4 is 0 Å². The van der Waals surface area contributed by atoms with Crippen LogP contribution in [0.3, 0.4) is 0 Å². The fraction of sp³-hybridized carbons (Fsp3) is 0.923. The zero-order valence-corrected chi connectivity index (χ0v) is 12.3. The topological polar surface area (TPSA) is 20.3 Å². The number of nitrogens with zero attached hydrogens (tertiary/aromatic N) is 1. The molecule has 1 rings (SSSR count). The van der Waals surface area contributed by atoms with Crippen LogP contribution in [-0.2, 0) is 4.79 Å². The lowest BCUT2D eigenvalue weighted by Crippen LogP contribution is -2.41. The molecule has 1 aliphatic heterocycles. The Bertz CT molecular complexity index is 233. The summed E-state index contributed by atoms with van der Waals surface area (Å²) in [5, 5.41) is 1.05. The Morgan fingerprint density at radius 3 is 2.69 bits per heavy atom. The van der Waals surface area contributed by atoms with Crippen molar-refractivity contribution in [3.8, 4) is 0 Å². The normalized spacial score (nSPS) is 22.2. The number of alkyl halides is 1. The summed E-state index contributed by atoms with van der Waals surface area (Å²) in [6, 6.07) is 0. The number of carbonyl (C=O) groups excluding carboxylic acids is 1. The van der Waals surface area contributed by atoms with Crippen molar-refractivity contribution < 1.29 is 4.79 Å². The quantitative estimate of drug-likeness (QED) is 0.729. The van der Waals surface area contributed by atoms with Crippen molar-refractivity contribution >= 4 is 21.8 Å². The summed E-state index contributed by atoms with van der Waals surface area (Å²) in [7, 11) is 0. The first-order valence-corrected chi connectivity index (χ1v) is 7.38. The summed E-state index contributed by atoms with van der Waals surface area (Å²) < 4.78 is 0. The van der Waals surface area contributed by atoms with Crippen molar-refractivity contribution in [3.05, 3.63) is 0 Å². The maximum Gasteiger partial charge on any atom is 0.223 e. The first-order valence-electron chi connectivity index (χ1n) is 6.26. The van der Waals surface area contributed by atoms with Crippen molar-refractivity contribution in [1.82, 2.24) is 4.90 Å². The number of hydrogen-bond acceptors (Lipinski definition) is 1. The Kier molecular flexibility index (Phi) is 5.29. The largest absolute Gasteiger partial charge is 0.342 e. The van der Waals surface area contributed by atoms with Gasteiger partial charge in [-0.3, -0.25) is 4.79 Å². The van der Waals surface area contributed by atoms with Crippen molar-refractivity contribution in [1.29, 1.82) is 0 Å². The molecule has 0 aromatic carbocycles. The molecule has 2 nitrogen and oxygen atoms in total. The molecule has 1 amide bonds. The summed E-state index contributed by atoms with van der Waals surface area (Å²) in [5.41, 5.74) is 0.111. The summed E-state index contributed by atoms with van der Waals surface area (Å²) >= 11 is 3.49. The van der Waals surface area contributed by atoms with E-state index in [9.17, 15) is 4.79 Å². The molecule has 0 bridgehead atoms. The number of piperidine rings is 1. The van der Waals surface area contributed by atoms with Crippen LogP contribution in [0.5, 0.6) is 0 Å². The van der Waals surface area contributed by atoms with Gasteiger partial charge in [-0.2, -0.15) is 0 Å². The van der Waals surface area contributed by atoms with E-state index in [1.165, 1.54) is 19.3 Å². The minimum atomic E-state index is 0.111. The molecule has 16 heavy (non-hydrogen) atoms. The first kappa shape index (κ1) is 14.0. The van der Waals surface area contributed by atoms with Gasteiger partial charge >= 0.3 is 0 Å². The monoisotopic (exact) mass is 289 g/mol. The third kappa shape index (κ3) is 4.86. The number of carbonyl (C=O) groups is 1. The highest BCUT2D eigenvalue weighted by molar-refractivity contribution is 9.09. The van der Waals surface area contributed by atoms with E-state index in [2.05, 4.69) is 41.6 Å². The molecule has 1 atom stereocenters. The van der Waals surface area contributed by atoms with E-state index in [1.54, 1.807) is 0 Å². The van der Waals surface area contributed by atoms with Gasteiger partial charge in [0.1, 0.15) is 0 Å². The second-order valence-corrected chi connectivity index (χ2v) is 6.86. The van der Waals surface area contributed by atoms with Gasteiger partial charge in [0.05, 0.1) is 0 Å². The molecule has 0 aliphatic carbocycles. The highest BCUT2D eigenvalue weighted by Gasteiger charge is 2.26. The third-order valence-corrected chi connectivity index (χ3v) is 3.53. The number of rotatable bonds is 3. The Labute approximate surface area is 108 Å². The van der Waals surface area contributed by atoms with E-state index in [0.29, 0.717) is 18.2 Å². The molecular formula is C13H24BrNO. The average molecular weight is 290 g/mol. The molecule has 1 fully saturated rings. The number of likely N-dealkylation sites (tertiary alicyclic amines) is 1.